The molecule has 6 heterocycles. The molecular formula is C69H85I6N12O9S-. The number of benzene rings is 4. The molecule has 8 aromatic rings. The molecule has 0 bridgehead atoms. The van der Waals surface area contributed by atoms with Crippen molar-refractivity contribution in [2.45, 2.75) is 134 Å². The van der Waals surface area contributed by atoms with Crippen LogP contribution in [-0.2, 0) is 29.7 Å². The van der Waals surface area contributed by atoms with E-state index in [1.54, 1.807) is 52.7 Å². The zero-order chi connectivity index (χ0) is 68.9. The second-order valence-electron chi connectivity index (χ2n) is 25.3. The number of nitrogens with zero attached hydrogens (tertiary/aromatic N) is 10. The van der Waals surface area contributed by atoms with E-state index in [4.69, 9.17) is 29.7 Å². The van der Waals surface area contributed by atoms with E-state index in [1.165, 1.54) is 0 Å². The molecular weight excluding hydrogens is 1930 g/mol. The Bertz CT molecular complexity index is 3830. The van der Waals surface area contributed by atoms with Crippen LogP contribution < -0.4 is 34.1 Å². The van der Waals surface area contributed by atoms with Gasteiger partial charge in [-0.15, -0.1) is 24.0 Å². The SMILES string of the molecule is CC(C)(C)OC(=O)N1CCN(c2cccc3c2ccn3-c2ccnc(NC3CCC(OC(=O)c4ccccc4)CC3)n2)CC1.CS(=O)c1nccc(-n2ccc3c(N4CCN(C(=O)OC(C)(C)C)CC4)cccc32)n1.I.II.I[I-]I.NC1CCC(OC(=O)c2ccccc2)CC1. The Morgan fingerprint density at radius 2 is 0.948 bits per heavy atom. The number of fused-ring (bicyclic) bond motifs is 2. The zero-order valence-electron chi connectivity index (χ0n) is 55.4. The molecule has 12 rings (SSSR count). The van der Waals surface area contributed by atoms with Crippen LogP contribution in [-0.4, -0.2) is 161 Å². The maximum atomic E-state index is 12.5. The molecule has 2 saturated carbocycles. The molecule has 2 aliphatic heterocycles. The number of nitrogens with two attached hydrogens (primary N) is 1. The van der Waals surface area contributed by atoms with Crippen LogP contribution in [0.5, 0.6) is 0 Å². The number of rotatable bonds is 11. The average molecular weight is 2020 g/mol. The van der Waals surface area contributed by atoms with E-state index in [-0.39, 0.29) is 72.4 Å². The largest absolute Gasteiger partial charge is 0.459 e. The Morgan fingerprint density at radius 3 is 1.36 bits per heavy atom. The first-order chi connectivity index (χ1) is 46.1. The smallest absolute Gasteiger partial charge is 0.338 e. The molecule has 0 radical (unpaired) electrons. The molecule has 524 valence electrons. The van der Waals surface area contributed by atoms with Crippen molar-refractivity contribution in [2.75, 3.05) is 73.7 Å². The average Bonchev–Trinajstić information content (AvgIpc) is 1.36. The number of hydrogen-bond acceptors (Lipinski definition) is 17. The number of halogens is 6. The van der Waals surface area contributed by atoms with E-state index >= 15 is 0 Å². The van der Waals surface area contributed by atoms with Gasteiger partial charge in [0.15, 0.2) is 0 Å². The quantitative estimate of drug-likeness (QED) is 0.0530. The van der Waals surface area contributed by atoms with Gasteiger partial charge in [-0.3, -0.25) is 4.21 Å². The fraction of sp³-hybridized carbons (Fsp3) is 0.420. The summed E-state index contributed by atoms with van der Waals surface area (Å²) in [6.45, 7) is 16.7. The fourth-order valence-corrected chi connectivity index (χ4v) is 12.1. The summed E-state index contributed by atoms with van der Waals surface area (Å²) in [5.41, 5.74) is 10.3. The van der Waals surface area contributed by atoms with Crippen molar-refractivity contribution in [2.24, 2.45) is 5.73 Å². The van der Waals surface area contributed by atoms with Gasteiger partial charge in [-0.25, -0.2) is 34.1 Å². The summed E-state index contributed by atoms with van der Waals surface area (Å²) in [5.74, 6) is 1.57. The summed E-state index contributed by atoms with van der Waals surface area (Å²) >= 11 is 9.54. The number of piperazine rings is 2. The second kappa shape index (κ2) is 39.1. The number of ether oxygens (including phenoxy) is 4. The van der Waals surface area contributed by atoms with Gasteiger partial charge in [0.1, 0.15) is 35.0 Å². The monoisotopic (exact) mass is 2020 g/mol. The van der Waals surface area contributed by atoms with E-state index in [0.29, 0.717) is 67.5 Å². The van der Waals surface area contributed by atoms with E-state index in [0.717, 1.165) is 117 Å². The first-order valence-electron chi connectivity index (χ1n) is 31.8. The Labute approximate surface area is 641 Å². The molecule has 4 aromatic heterocycles. The molecule has 4 fully saturated rings. The van der Waals surface area contributed by atoms with Crippen LogP contribution in [0, 0.1) is 0 Å². The van der Waals surface area contributed by atoms with E-state index < -0.39 is 22.0 Å². The van der Waals surface area contributed by atoms with Crippen molar-refractivity contribution >= 4 is 172 Å². The van der Waals surface area contributed by atoms with Crippen LogP contribution in [0.15, 0.2) is 151 Å². The van der Waals surface area contributed by atoms with Crippen molar-refractivity contribution < 1.29 is 55.6 Å². The van der Waals surface area contributed by atoms with Crippen LogP contribution in [0.25, 0.3) is 33.4 Å². The number of carbonyl (C=O) groups is 4. The number of amides is 2. The minimum atomic E-state index is -1.24. The maximum Gasteiger partial charge on any atom is 0.338 e. The summed E-state index contributed by atoms with van der Waals surface area (Å²) in [6.07, 6.45) is 15.5. The molecule has 3 N–H and O–H groups in total. The van der Waals surface area contributed by atoms with Gasteiger partial charge < -0.3 is 58.7 Å². The van der Waals surface area contributed by atoms with E-state index in [1.807, 2.05) is 119 Å². The number of anilines is 3. The third kappa shape index (κ3) is 23.8. The van der Waals surface area contributed by atoms with Crippen molar-refractivity contribution in [1.29, 1.82) is 0 Å². The van der Waals surface area contributed by atoms with E-state index in [9.17, 15) is 23.4 Å². The summed E-state index contributed by atoms with van der Waals surface area (Å²) in [7, 11) is -1.24. The molecule has 2 saturated heterocycles. The van der Waals surface area contributed by atoms with Gasteiger partial charge in [-0.1, -0.05) is 48.5 Å². The van der Waals surface area contributed by atoms with Crippen LogP contribution in [0.2, 0.25) is 0 Å². The minimum absolute atomic E-state index is 0. The summed E-state index contributed by atoms with van der Waals surface area (Å²) in [6, 6.07) is 39.1. The molecule has 1 unspecified atom stereocenters. The van der Waals surface area contributed by atoms with Gasteiger partial charge in [0, 0.05) is 155 Å². The molecule has 4 aliphatic rings. The third-order valence-corrected chi connectivity index (χ3v) is 17.0. The normalized spacial score (nSPS) is 18.1. The van der Waals surface area contributed by atoms with Gasteiger partial charge in [-0.05, 0) is 166 Å². The van der Waals surface area contributed by atoms with Crippen LogP contribution in [0.3, 0.4) is 0 Å². The first kappa shape index (κ1) is 79.8. The van der Waals surface area contributed by atoms with Crippen LogP contribution in [0.4, 0.5) is 26.9 Å². The van der Waals surface area contributed by atoms with Crippen molar-refractivity contribution in [3.63, 3.8) is 0 Å². The van der Waals surface area contributed by atoms with E-state index in [2.05, 4.69) is 145 Å². The van der Waals surface area contributed by atoms with Crippen molar-refractivity contribution in [3.05, 3.63) is 157 Å². The minimum Gasteiger partial charge on any atom is -0.459 e. The van der Waals surface area contributed by atoms with Gasteiger partial charge in [0.25, 0.3) is 0 Å². The predicted molar refractivity (Wildman–Crippen MR) is 425 cm³/mol. The maximum absolute atomic E-state index is 12.5. The first-order valence-corrected chi connectivity index (χ1v) is 52.3. The molecule has 0 spiro atoms. The Balaban J connectivity index is 0.000000216. The molecule has 97 heavy (non-hydrogen) atoms. The molecule has 1 atom stereocenters. The Kier molecular flexibility index (Phi) is 32.1. The molecule has 21 nitrogen and oxygen atoms in total. The third-order valence-electron chi connectivity index (χ3n) is 16.3. The summed E-state index contributed by atoms with van der Waals surface area (Å²) in [4.78, 5) is 75.1. The standard InChI is InChI=1S/C34H40N6O4.C22H27N5O3S.C13H17NO2.I3.I2.HI/c1-34(2,3)44-33(42)39-22-20-38(21-23-39)28-10-7-11-29-27(28)17-19-40(29)30-16-18-35-32(37-30)36-25-12-14-26(15-13-25)43-31(41)24-8-5-4-6-9-24;1-22(2,3)30-21(28)26-14-12-25(13-15-26)17-6-5-7-18-16(17)9-11-27(18)19-8-10-23-20(24-19)31(4)29;14-11-6-8-12(9-7-11)16-13(15)10-4-2-1-3-5-10;1-3-2;1-2;/h4-11,16-19,25-26H,12-15,20-23H2,1-3H3,(H,35,36,37);5-11H,12-15H2,1-4H3;1-5,11-12H,6-9,14H2;;;1H/q;;;-1;;. The second-order valence-corrected chi connectivity index (χ2v) is 42.9. The Hall–Kier alpha value is -4.51. The zero-order valence-corrected chi connectivity index (χ0v) is 69.3. The van der Waals surface area contributed by atoms with Crippen molar-refractivity contribution in [1.82, 2.24) is 38.9 Å². The van der Waals surface area contributed by atoms with Gasteiger partial charge in [0.2, 0.25) is 11.1 Å². The number of carbonyl (C=O) groups excluding carboxylic acids is 4. The Morgan fingerprint density at radius 1 is 0.546 bits per heavy atom. The topological polar surface area (TPSA) is 235 Å². The number of esters is 2. The van der Waals surface area contributed by atoms with Gasteiger partial charge in [-0.2, -0.15) is 4.98 Å². The molecule has 28 heteroatoms. The van der Waals surface area contributed by atoms with Crippen LogP contribution >= 0.6 is 98.4 Å². The molecule has 4 aromatic carbocycles. The predicted octanol–water partition coefficient (Wildman–Crippen LogP) is 12.6. The summed E-state index contributed by atoms with van der Waals surface area (Å²) < 4.78 is 38.1. The van der Waals surface area contributed by atoms with Crippen LogP contribution in [0.1, 0.15) is 114 Å². The van der Waals surface area contributed by atoms with Crippen molar-refractivity contribution in [3.8, 4) is 11.6 Å². The number of nitrogens with one attached hydrogen (secondary N) is 1. The fourth-order valence-electron chi connectivity index (χ4n) is 11.6. The number of hydrogen-bond donors (Lipinski definition) is 2. The molecule has 2 aliphatic carbocycles. The van der Waals surface area contributed by atoms with Gasteiger partial charge in [0.05, 0.1) is 33.0 Å². The van der Waals surface area contributed by atoms with Gasteiger partial charge >= 0.3 is 74.6 Å². The number of aromatic nitrogens is 6. The molecule has 2 amide bonds. The summed E-state index contributed by atoms with van der Waals surface area (Å²) in [5, 5.41) is 6.05.